The Kier molecular flexibility index (Phi) is 7.25. The third kappa shape index (κ3) is 5.53. The molecule has 2 atom stereocenters. The minimum atomic E-state index is 0.199. The molecule has 0 saturated carbocycles. The number of piperidine rings is 1. The van der Waals surface area contributed by atoms with Gasteiger partial charge in [-0.15, -0.1) is 0 Å². The lowest BCUT2D eigenvalue weighted by Gasteiger charge is -2.25. The molecule has 0 radical (unpaired) electrons. The van der Waals surface area contributed by atoms with E-state index >= 15 is 0 Å². The van der Waals surface area contributed by atoms with Crippen LogP contribution in [-0.4, -0.2) is 25.0 Å². The summed E-state index contributed by atoms with van der Waals surface area (Å²) in [6.07, 6.45) is 8.01. The van der Waals surface area contributed by atoms with Crippen LogP contribution in [0.15, 0.2) is 0 Å². The van der Waals surface area contributed by atoms with Crippen molar-refractivity contribution in [3.63, 3.8) is 0 Å². The molecule has 100 valence electrons. The van der Waals surface area contributed by atoms with Gasteiger partial charge in [0, 0.05) is 12.6 Å². The number of unbranched alkanes of at least 4 members (excludes halogenated alkanes) is 1. The van der Waals surface area contributed by atoms with Crippen molar-refractivity contribution in [2.75, 3.05) is 13.1 Å². The number of carbonyl (C=O) groups is 1. The smallest absolute Gasteiger partial charge is 0.224 e. The monoisotopic (exact) mass is 240 g/mol. The molecule has 2 N–H and O–H groups in total. The molecule has 0 bridgehead atoms. The van der Waals surface area contributed by atoms with Gasteiger partial charge in [0.1, 0.15) is 0 Å². The molecule has 17 heavy (non-hydrogen) atoms. The summed E-state index contributed by atoms with van der Waals surface area (Å²) in [6.45, 7) is 6.32. The van der Waals surface area contributed by atoms with Crippen LogP contribution in [0.25, 0.3) is 0 Å². The Morgan fingerprint density at radius 3 is 2.76 bits per heavy atom. The molecular weight excluding hydrogens is 212 g/mol. The van der Waals surface area contributed by atoms with Crippen LogP contribution in [0.3, 0.4) is 0 Å². The highest BCUT2D eigenvalue weighted by Gasteiger charge is 2.22. The van der Waals surface area contributed by atoms with E-state index in [1.54, 1.807) is 0 Å². The molecule has 0 aromatic carbocycles. The second-order valence-corrected chi connectivity index (χ2v) is 5.18. The molecule has 0 aromatic heterocycles. The van der Waals surface area contributed by atoms with E-state index in [9.17, 15) is 4.79 Å². The lowest BCUT2D eigenvalue weighted by molar-refractivity contribution is -0.126. The molecule has 0 spiro atoms. The quantitative estimate of drug-likeness (QED) is 0.718. The summed E-state index contributed by atoms with van der Waals surface area (Å²) in [5.74, 6) is 0.469. The predicted molar refractivity (Wildman–Crippen MR) is 72.0 cm³/mol. The third-order valence-corrected chi connectivity index (χ3v) is 3.56. The third-order valence-electron chi connectivity index (χ3n) is 3.56. The molecule has 1 heterocycles. The van der Waals surface area contributed by atoms with Crippen LogP contribution in [0.1, 0.15) is 58.8 Å². The average Bonchev–Trinajstić information content (AvgIpc) is 2.37. The Labute approximate surface area is 106 Å². The standard InChI is InChI=1S/C14H28N2O/c1-3-5-9-13(7-4-2)16-14(17)12-8-6-10-15-11-12/h12-13,15H,3-11H2,1-2H3,(H,16,17). The predicted octanol–water partition coefficient (Wildman–Crippen LogP) is 2.46. The second-order valence-electron chi connectivity index (χ2n) is 5.18. The SMILES string of the molecule is CCCCC(CCC)NC(=O)C1CCCNC1. The number of hydrogen-bond donors (Lipinski definition) is 2. The summed E-state index contributed by atoms with van der Waals surface area (Å²) in [6, 6.07) is 0.398. The van der Waals surface area contributed by atoms with Gasteiger partial charge in [0.25, 0.3) is 0 Å². The minimum absolute atomic E-state index is 0.199. The highest BCUT2D eigenvalue weighted by atomic mass is 16.2. The minimum Gasteiger partial charge on any atom is -0.353 e. The number of carbonyl (C=O) groups excluding carboxylic acids is 1. The number of amides is 1. The van der Waals surface area contributed by atoms with Crippen LogP contribution in [0.5, 0.6) is 0 Å². The molecule has 1 amide bonds. The topological polar surface area (TPSA) is 41.1 Å². The van der Waals surface area contributed by atoms with Gasteiger partial charge in [0.05, 0.1) is 5.92 Å². The fraction of sp³-hybridized carbons (Fsp3) is 0.929. The van der Waals surface area contributed by atoms with Gasteiger partial charge in [0.15, 0.2) is 0 Å². The van der Waals surface area contributed by atoms with E-state index < -0.39 is 0 Å². The first kappa shape index (κ1) is 14.5. The number of hydrogen-bond acceptors (Lipinski definition) is 2. The maximum atomic E-state index is 12.1. The zero-order valence-electron chi connectivity index (χ0n) is 11.4. The van der Waals surface area contributed by atoms with Gasteiger partial charge >= 0.3 is 0 Å². The van der Waals surface area contributed by atoms with Crippen molar-refractivity contribution in [1.82, 2.24) is 10.6 Å². The van der Waals surface area contributed by atoms with E-state index in [0.29, 0.717) is 6.04 Å². The summed E-state index contributed by atoms with van der Waals surface area (Å²) in [5.41, 5.74) is 0. The zero-order valence-corrected chi connectivity index (χ0v) is 11.4. The highest BCUT2D eigenvalue weighted by molar-refractivity contribution is 5.79. The van der Waals surface area contributed by atoms with E-state index in [4.69, 9.17) is 0 Å². The lowest BCUT2D eigenvalue weighted by atomic mass is 9.97. The molecule has 0 aromatic rings. The number of nitrogens with one attached hydrogen (secondary N) is 2. The second kappa shape index (κ2) is 8.51. The van der Waals surface area contributed by atoms with Crippen LogP contribution in [0.4, 0.5) is 0 Å². The van der Waals surface area contributed by atoms with E-state index in [-0.39, 0.29) is 11.8 Å². The molecule has 1 aliphatic rings. The Hall–Kier alpha value is -0.570. The lowest BCUT2D eigenvalue weighted by Crippen LogP contribution is -2.44. The summed E-state index contributed by atoms with van der Waals surface area (Å²) >= 11 is 0. The van der Waals surface area contributed by atoms with Gasteiger partial charge in [-0.3, -0.25) is 4.79 Å². The maximum absolute atomic E-state index is 12.1. The molecule has 0 aliphatic carbocycles. The van der Waals surface area contributed by atoms with Gasteiger partial charge in [-0.25, -0.2) is 0 Å². The van der Waals surface area contributed by atoms with Crippen LogP contribution < -0.4 is 10.6 Å². The van der Waals surface area contributed by atoms with Crippen molar-refractivity contribution in [2.45, 2.75) is 64.8 Å². The molecular formula is C14H28N2O. The van der Waals surface area contributed by atoms with Gasteiger partial charge in [-0.05, 0) is 32.2 Å². The Balaban J connectivity index is 2.33. The van der Waals surface area contributed by atoms with Crippen LogP contribution in [-0.2, 0) is 4.79 Å². The molecule has 3 nitrogen and oxygen atoms in total. The van der Waals surface area contributed by atoms with Crippen LogP contribution >= 0.6 is 0 Å². The molecule has 1 fully saturated rings. The van der Waals surface area contributed by atoms with Crippen molar-refractivity contribution in [2.24, 2.45) is 5.92 Å². The molecule has 1 rings (SSSR count). The van der Waals surface area contributed by atoms with E-state index in [0.717, 1.165) is 45.2 Å². The summed E-state index contributed by atoms with van der Waals surface area (Å²) in [5, 5.41) is 6.55. The van der Waals surface area contributed by atoms with E-state index in [2.05, 4.69) is 24.5 Å². The van der Waals surface area contributed by atoms with Gasteiger partial charge in [-0.1, -0.05) is 33.1 Å². The Bertz CT molecular complexity index is 212. The molecule has 1 saturated heterocycles. The highest BCUT2D eigenvalue weighted by Crippen LogP contribution is 2.12. The zero-order chi connectivity index (χ0) is 12.5. The summed E-state index contributed by atoms with van der Waals surface area (Å²) in [4.78, 5) is 12.1. The average molecular weight is 240 g/mol. The van der Waals surface area contributed by atoms with Crippen molar-refractivity contribution < 1.29 is 4.79 Å². The fourth-order valence-corrected chi connectivity index (χ4v) is 2.48. The Morgan fingerprint density at radius 1 is 1.35 bits per heavy atom. The van der Waals surface area contributed by atoms with Gasteiger partial charge in [-0.2, -0.15) is 0 Å². The molecule has 3 heteroatoms. The largest absolute Gasteiger partial charge is 0.353 e. The van der Waals surface area contributed by atoms with Gasteiger partial charge < -0.3 is 10.6 Å². The van der Waals surface area contributed by atoms with E-state index in [1.807, 2.05) is 0 Å². The van der Waals surface area contributed by atoms with Crippen molar-refractivity contribution >= 4 is 5.91 Å². The first-order valence-corrected chi connectivity index (χ1v) is 7.29. The summed E-state index contributed by atoms with van der Waals surface area (Å²) < 4.78 is 0. The van der Waals surface area contributed by atoms with Crippen LogP contribution in [0.2, 0.25) is 0 Å². The first-order chi connectivity index (χ1) is 8.27. The van der Waals surface area contributed by atoms with Crippen molar-refractivity contribution in [3.05, 3.63) is 0 Å². The molecule has 2 unspecified atom stereocenters. The summed E-state index contributed by atoms with van der Waals surface area (Å²) in [7, 11) is 0. The first-order valence-electron chi connectivity index (χ1n) is 7.29. The Morgan fingerprint density at radius 2 is 2.18 bits per heavy atom. The normalized spacial score (nSPS) is 22.1. The molecule has 1 aliphatic heterocycles. The van der Waals surface area contributed by atoms with Crippen LogP contribution in [0, 0.1) is 5.92 Å². The fourth-order valence-electron chi connectivity index (χ4n) is 2.48. The van der Waals surface area contributed by atoms with Crippen molar-refractivity contribution in [3.8, 4) is 0 Å². The number of rotatable bonds is 7. The maximum Gasteiger partial charge on any atom is 0.224 e. The van der Waals surface area contributed by atoms with Gasteiger partial charge in [0.2, 0.25) is 5.91 Å². The van der Waals surface area contributed by atoms with Crippen molar-refractivity contribution in [1.29, 1.82) is 0 Å². The van der Waals surface area contributed by atoms with E-state index in [1.165, 1.54) is 12.8 Å².